The number of pyridine rings is 1. The molecule has 57 heavy (non-hydrogen) atoms. The Kier molecular flexibility index (Phi) is 8.54. The summed E-state index contributed by atoms with van der Waals surface area (Å²) in [5.74, 6) is 0. The standard InChI is InChI=1S/C54H39N3/c1-3-16-43(56-51-25-11-7-21-45(51)46-22-8-12-26-52(46)56)33-37(2)49-35-42(40-31-29-39(30-32-40)38-17-5-4-6-18-38)36-50(55-49)41-19-15-20-44(34-41)57-53-27-13-9-23-47(53)48-24-10-14-28-54(48)57/h3-36H,1H2,2H3/b37-33+,43-16+. The van der Waals surface area contributed by atoms with Crippen LogP contribution in [0.15, 0.2) is 213 Å². The Morgan fingerprint density at radius 2 is 0.965 bits per heavy atom. The summed E-state index contributed by atoms with van der Waals surface area (Å²) in [5, 5.41) is 4.93. The lowest BCUT2D eigenvalue weighted by molar-refractivity contribution is 1.18. The molecule has 0 bridgehead atoms. The molecule has 0 saturated heterocycles. The van der Waals surface area contributed by atoms with Gasteiger partial charge in [0.25, 0.3) is 0 Å². The fraction of sp³-hybridized carbons (Fsp3) is 0.0185. The molecule has 10 rings (SSSR count). The van der Waals surface area contributed by atoms with Gasteiger partial charge in [-0.25, -0.2) is 4.98 Å². The van der Waals surface area contributed by atoms with Crippen molar-refractivity contribution >= 4 is 54.9 Å². The molecule has 10 aromatic rings. The van der Waals surface area contributed by atoms with Gasteiger partial charge in [0, 0.05) is 38.5 Å². The largest absolute Gasteiger partial charge is 0.309 e. The predicted molar refractivity (Wildman–Crippen MR) is 242 cm³/mol. The van der Waals surface area contributed by atoms with Gasteiger partial charge in [0.05, 0.1) is 33.5 Å². The van der Waals surface area contributed by atoms with Crippen LogP contribution < -0.4 is 0 Å². The number of rotatable bonds is 8. The molecule has 0 aliphatic rings. The molecule has 0 N–H and O–H groups in total. The first kappa shape index (κ1) is 34.0. The summed E-state index contributed by atoms with van der Waals surface area (Å²) >= 11 is 0. The molecular formula is C54H39N3. The average molecular weight is 730 g/mol. The second-order valence-electron chi connectivity index (χ2n) is 14.5. The molecule has 0 aliphatic carbocycles. The lowest BCUT2D eigenvalue weighted by Crippen LogP contribution is -1.98. The molecule has 0 atom stereocenters. The summed E-state index contributed by atoms with van der Waals surface area (Å²) in [6.07, 6.45) is 6.19. The topological polar surface area (TPSA) is 22.8 Å². The van der Waals surface area contributed by atoms with Crippen molar-refractivity contribution in [3.63, 3.8) is 0 Å². The minimum absolute atomic E-state index is 0.910. The third-order valence-corrected chi connectivity index (χ3v) is 11.0. The van der Waals surface area contributed by atoms with Crippen molar-refractivity contribution in [2.45, 2.75) is 6.92 Å². The van der Waals surface area contributed by atoms with Crippen molar-refractivity contribution < 1.29 is 0 Å². The number of nitrogens with zero attached hydrogens (tertiary/aromatic N) is 3. The molecule has 3 heterocycles. The van der Waals surface area contributed by atoms with Crippen LogP contribution in [-0.4, -0.2) is 14.1 Å². The Bertz CT molecular complexity index is 3080. The number of hydrogen-bond acceptors (Lipinski definition) is 1. The molecule has 0 fully saturated rings. The molecule has 0 unspecified atom stereocenters. The number of fused-ring (bicyclic) bond motifs is 6. The van der Waals surface area contributed by atoms with Gasteiger partial charge in [0.15, 0.2) is 0 Å². The maximum absolute atomic E-state index is 5.42. The number of benzene rings is 7. The van der Waals surface area contributed by atoms with Gasteiger partial charge in [-0.05, 0) is 95.4 Å². The van der Waals surface area contributed by atoms with Gasteiger partial charge in [-0.1, -0.05) is 152 Å². The number of aromatic nitrogens is 3. The molecule has 0 aliphatic heterocycles. The lowest BCUT2D eigenvalue weighted by Gasteiger charge is -2.14. The van der Waals surface area contributed by atoms with E-state index in [-0.39, 0.29) is 0 Å². The van der Waals surface area contributed by atoms with Crippen LogP contribution in [0.25, 0.3) is 94.1 Å². The highest BCUT2D eigenvalue weighted by Crippen LogP contribution is 2.37. The Morgan fingerprint density at radius 3 is 1.56 bits per heavy atom. The van der Waals surface area contributed by atoms with Gasteiger partial charge in [-0.3, -0.25) is 0 Å². The zero-order valence-electron chi connectivity index (χ0n) is 31.7. The van der Waals surface area contributed by atoms with E-state index in [0.717, 1.165) is 56.1 Å². The second-order valence-corrected chi connectivity index (χ2v) is 14.5. The maximum Gasteiger partial charge on any atom is 0.0716 e. The van der Waals surface area contributed by atoms with Gasteiger partial charge in [0.2, 0.25) is 0 Å². The highest BCUT2D eigenvalue weighted by Gasteiger charge is 2.16. The quantitative estimate of drug-likeness (QED) is 0.143. The number of para-hydroxylation sites is 4. The van der Waals surface area contributed by atoms with E-state index in [9.17, 15) is 0 Å². The molecule has 7 aromatic carbocycles. The van der Waals surface area contributed by atoms with Crippen LogP contribution in [0.4, 0.5) is 0 Å². The van der Waals surface area contributed by atoms with E-state index in [4.69, 9.17) is 4.98 Å². The first-order valence-electron chi connectivity index (χ1n) is 19.4. The average Bonchev–Trinajstić information content (AvgIpc) is 3.80. The van der Waals surface area contributed by atoms with Crippen molar-refractivity contribution in [3.05, 3.63) is 219 Å². The Labute approximate surface area is 332 Å². The normalized spacial score (nSPS) is 12.2. The van der Waals surface area contributed by atoms with E-state index in [1.807, 2.05) is 6.08 Å². The van der Waals surface area contributed by atoms with E-state index in [0.29, 0.717) is 0 Å². The second kappa shape index (κ2) is 14.3. The van der Waals surface area contributed by atoms with Crippen LogP contribution in [-0.2, 0) is 0 Å². The fourth-order valence-corrected chi connectivity index (χ4v) is 8.34. The maximum atomic E-state index is 5.42. The third kappa shape index (κ3) is 6.07. The van der Waals surface area contributed by atoms with E-state index in [1.165, 1.54) is 43.7 Å². The summed E-state index contributed by atoms with van der Waals surface area (Å²) in [6.45, 7) is 6.28. The SMILES string of the molecule is C=C/C=C(\C=C(/C)c1cc(-c2ccc(-c3ccccc3)cc2)cc(-c2cccc(-n3c4ccccc4c4ccccc43)c2)n1)n1c2ccccc2c2ccccc21. The first-order chi connectivity index (χ1) is 28.1. The van der Waals surface area contributed by atoms with Gasteiger partial charge in [-0.2, -0.15) is 0 Å². The molecule has 0 saturated carbocycles. The zero-order valence-corrected chi connectivity index (χ0v) is 31.7. The van der Waals surface area contributed by atoms with Gasteiger partial charge < -0.3 is 9.13 Å². The Balaban J connectivity index is 1.14. The highest BCUT2D eigenvalue weighted by atomic mass is 15.0. The van der Waals surface area contributed by atoms with Crippen LogP contribution in [0.5, 0.6) is 0 Å². The summed E-state index contributed by atoms with van der Waals surface area (Å²) < 4.78 is 4.70. The summed E-state index contributed by atoms with van der Waals surface area (Å²) in [6, 6.07) is 67.1. The third-order valence-electron chi connectivity index (χ3n) is 11.0. The van der Waals surface area contributed by atoms with E-state index in [2.05, 4.69) is 223 Å². The monoisotopic (exact) mass is 729 g/mol. The van der Waals surface area contributed by atoms with Crippen LogP contribution in [0, 0.1) is 0 Å². The van der Waals surface area contributed by atoms with Gasteiger partial charge >= 0.3 is 0 Å². The van der Waals surface area contributed by atoms with E-state index >= 15 is 0 Å². The van der Waals surface area contributed by atoms with Crippen LogP contribution in [0.1, 0.15) is 12.6 Å². The summed E-state index contributed by atoms with van der Waals surface area (Å²) in [7, 11) is 0. The summed E-state index contributed by atoms with van der Waals surface area (Å²) in [4.78, 5) is 5.42. The molecular weight excluding hydrogens is 691 g/mol. The number of hydrogen-bond donors (Lipinski definition) is 0. The molecule has 3 aromatic heterocycles. The minimum Gasteiger partial charge on any atom is -0.309 e. The molecule has 0 radical (unpaired) electrons. The van der Waals surface area contributed by atoms with Crippen molar-refractivity contribution in [3.8, 4) is 39.2 Å². The highest BCUT2D eigenvalue weighted by molar-refractivity contribution is 6.11. The van der Waals surface area contributed by atoms with Crippen molar-refractivity contribution in [2.24, 2.45) is 0 Å². The van der Waals surface area contributed by atoms with Crippen LogP contribution in [0.3, 0.4) is 0 Å². The van der Waals surface area contributed by atoms with Crippen LogP contribution >= 0.6 is 0 Å². The Hall–Kier alpha value is -7.49. The molecule has 0 spiro atoms. The minimum atomic E-state index is 0.910. The van der Waals surface area contributed by atoms with Crippen molar-refractivity contribution in [1.82, 2.24) is 14.1 Å². The smallest absolute Gasteiger partial charge is 0.0716 e. The molecule has 3 nitrogen and oxygen atoms in total. The van der Waals surface area contributed by atoms with E-state index < -0.39 is 0 Å². The zero-order chi connectivity index (χ0) is 38.3. The molecule has 0 amide bonds. The van der Waals surface area contributed by atoms with E-state index in [1.54, 1.807) is 0 Å². The molecule has 270 valence electrons. The van der Waals surface area contributed by atoms with Gasteiger partial charge in [-0.15, -0.1) is 0 Å². The number of allylic oxidation sites excluding steroid dienone is 5. The predicted octanol–water partition coefficient (Wildman–Crippen LogP) is 14.4. The Morgan fingerprint density at radius 1 is 0.474 bits per heavy atom. The lowest BCUT2D eigenvalue weighted by atomic mass is 9.97. The van der Waals surface area contributed by atoms with Crippen molar-refractivity contribution in [2.75, 3.05) is 0 Å². The van der Waals surface area contributed by atoms with Gasteiger partial charge in [0.1, 0.15) is 0 Å². The molecule has 3 heteroatoms. The summed E-state index contributed by atoms with van der Waals surface area (Å²) in [5.41, 5.74) is 15.3. The van der Waals surface area contributed by atoms with Crippen LogP contribution in [0.2, 0.25) is 0 Å². The first-order valence-corrected chi connectivity index (χ1v) is 19.4. The van der Waals surface area contributed by atoms with Crippen molar-refractivity contribution in [1.29, 1.82) is 0 Å². The fourth-order valence-electron chi connectivity index (χ4n) is 8.34.